The second-order valence-corrected chi connectivity index (χ2v) is 6.71. The third-order valence-electron chi connectivity index (χ3n) is 4.99. The molecule has 1 atom stereocenters. The molecular weight excluding hydrogens is 343 g/mol. The number of hydrogen-bond donors (Lipinski definition) is 1. The number of hydrogen-bond acceptors (Lipinski definition) is 5. The Morgan fingerprint density at radius 1 is 1.22 bits per heavy atom. The molecule has 2 aromatic heterocycles. The lowest BCUT2D eigenvalue weighted by Gasteiger charge is -2.26. The highest BCUT2D eigenvalue weighted by molar-refractivity contribution is 6.00. The molecule has 0 spiro atoms. The number of pyridine rings is 1. The van der Waals surface area contributed by atoms with E-state index in [0.717, 1.165) is 16.7 Å². The maximum atomic E-state index is 13.9. The van der Waals surface area contributed by atoms with Gasteiger partial charge in [-0.15, -0.1) is 0 Å². The Kier molecular flexibility index (Phi) is 4.39. The van der Waals surface area contributed by atoms with Gasteiger partial charge in [0.05, 0.1) is 17.0 Å². The minimum Gasteiger partial charge on any atom is -0.368 e. The maximum absolute atomic E-state index is 13.9. The first-order valence-electron chi connectivity index (χ1n) is 8.95. The summed E-state index contributed by atoms with van der Waals surface area (Å²) >= 11 is 0. The van der Waals surface area contributed by atoms with Gasteiger partial charge in [0.1, 0.15) is 5.82 Å². The van der Waals surface area contributed by atoms with Gasteiger partial charge in [-0.3, -0.25) is 9.78 Å². The fraction of sp³-hybridized carbons (Fsp3) is 0.238. The van der Waals surface area contributed by atoms with Gasteiger partial charge < -0.3 is 5.73 Å². The van der Waals surface area contributed by atoms with Gasteiger partial charge in [-0.2, -0.15) is 0 Å². The van der Waals surface area contributed by atoms with E-state index in [1.165, 1.54) is 12.1 Å². The predicted molar refractivity (Wildman–Crippen MR) is 101 cm³/mol. The molecule has 1 aromatic carbocycles. The van der Waals surface area contributed by atoms with Crippen LogP contribution in [0.15, 0.2) is 42.7 Å². The molecule has 4 rings (SSSR count). The van der Waals surface area contributed by atoms with Crippen molar-refractivity contribution in [2.24, 2.45) is 0 Å². The van der Waals surface area contributed by atoms with Crippen LogP contribution in [-0.4, -0.2) is 20.7 Å². The van der Waals surface area contributed by atoms with E-state index in [9.17, 15) is 9.18 Å². The Labute approximate surface area is 156 Å². The van der Waals surface area contributed by atoms with E-state index in [4.69, 9.17) is 5.73 Å². The van der Waals surface area contributed by atoms with E-state index >= 15 is 0 Å². The van der Waals surface area contributed by atoms with Crippen molar-refractivity contribution in [1.29, 1.82) is 0 Å². The van der Waals surface area contributed by atoms with Crippen LogP contribution in [0.5, 0.6) is 0 Å². The molecular formula is C21H19FN4O. The molecule has 0 radical (unpaired) electrons. The normalized spacial score (nSPS) is 16.2. The number of ketones is 1. The number of carbonyl (C=O) groups excluding carboxylic acids is 1. The number of benzene rings is 1. The molecule has 0 bridgehead atoms. The Balaban J connectivity index is 1.81. The predicted octanol–water partition coefficient (Wildman–Crippen LogP) is 3.74. The summed E-state index contributed by atoms with van der Waals surface area (Å²) < 4.78 is 13.9. The highest BCUT2D eigenvalue weighted by atomic mass is 19.1. The van der Waals surface area contributed by atoms with Crippen molar-refractivity contribution in [3.63, 3.8) is 0 Å². The molecule has 1 aliphatic carbocycles. The molecule has 0 fully saturated rings. The second-order valence-electron chi connectivity index (χ2n) is 6.71. The van der Waals surface area contributed by atoms with Crippen molar-refractivity contribution in [1.82, 2.24) is 15.0 Å². The highest BCUT2D eigenvalue weighted by Crippen LogP contribution is 2.38. The third-order valence-corrected chi connectivity index (χ3v) is 4.99. The van der Waals surface area contributed by atoms with Gasteiger partial charge in [0.25, 0.3) is 0 Å². The van der Waals surface area contributed by atoms with E-state index in [0.29, 0.717) is 36.2 Å². The van der Waals surface area contributed by atoms with Crippen LogP contribution in [-0.2, 0) is 12.8 Å². The van der Waals surface area contributed by atoms with Crippen molar-refractivity contribution < 1.29 is 9.18 Å². The zero-order chi connectivity index (χ0) is 19.0. The minimum atomic E-state index is -0.319. The smallest absolute Gasteiger partial charge is 0.220 e. The molecule has 0 saturated heterocycles. The summed E-state index contributed by atoms with van der Waals surface area (Å²) in [7, 11) is 0. The first-order chi connectivity index (χ1) is 13.1. The van der Waals surface area contributed by atoms with Gasteiger partial charge in [0.2, 0.25) is 5.95 Å². The fourth-order valence-corrected chi connectivity index (χ4v) is 3.81. The molecule has 2 heterocycles. The largest absolute Gasteiger partial charge is 0.368 e. The Morgan fingerprint density at radius 2 is 2.07 bits per heavy atom. The maximum Gasteiger partial charge on any atom is 0.220 e. The lowest BCUT2D eigenvalue weighted by molar-refractivity contribution is 0.0961. The molecule has 6 heteroatoms. The number of aryl methyl sites for hydroxylation is 1. The standard InChI is InChI=1S/C21H19FN4O/c1-2-17-20-18(26-21(23)25-17)8-13(9-19(20)27)15-6-5-14(22)10-16(15)12-4-3-7-24-11-12/h3-7,10-11,13H,2,8-9H2,1H3,(H2,23,25,26). The zero-order valence-electron chi connectivity index (χ0n) is 14.9. The van der Waals surface area contributed by atoms with Crippen molar-refractivity contribution in [3.05, 3.63) is 71.1 Å². The summed E-state index contributed by atoms with van der Waals surface area (Å²) in [4.78, 5) is 25.5. The fourth-order valence-electron chi connectivity index (χ4n) is 3.81. The average molecular weight is 362 g/mol. The molecule has 1 aliphatic rings. The number of rotatable bonds is 3. The number of carbonyl (C=O) groups is 1. The van der Waals surface area contributed by atoms with Crippen LogP contribution in [0.25, 0.3) is 11.1 Å². The number of nitrogens with two attached hydrogens (primary N) is 1. The minimum absolute atomic E-state index is 0.0135. The molecule has 27 heavy (non-hydrogen) atoms. The first-order valence-corrected chi connectivity index (χ1v) is 8.95. The van der Waals surface area contributed by atoms with Gasteiger partial charge in [-0.05, 0) is 48.1 Å². The van der Waals surface area contributed by atoms with Gasteiger partial charge in [0, 0.05) is 24.4 Å². The Hall–Kier alpha value is -3.15. The molecule has 136 valence electrons. The molecule has 2 N–H and O–H groups in total. The van der Waals surface area contributed by atoms with Crippen molar-refractivity contribution >= 4 is 11.7 Å². The summed E-state index contributed by atoms with van der Waals surface area (Å²) in [5.41, 5.74) is 10.3. The summed E-state index contributed by atoms with van der Waals surface area (Å²) in [5, 5.41) is 0. The average Bonchev–Trinajstić information content (AvgIpc) is 2.67. The summed E-state index contributed by atoms with van der Waals surface area (Å²) in [5.74, 6) is -0.218. The number of Topliss-reactive ketones (excluding diaryl/α,β-unsaturated/α-hetero) is 1. The van der Waals surface area contributed by atoms with Gasteiger partial charge >= 0.3 is 0 Å². The van der Waals surface area contributed by atoms with E-state index < -0.39 is 0 Å². The number of nitrogens with zero attached hydrogens (tertiary/aromatic N) is 3. The van der Waals surface area contributed by atoms with Crippen LogP contribution in [0.3, 0.4) is 0 Å². The topological polar surface area (TPSA) is 81.8 Å². The highest BCUT2D eigenvalue weighted by Gasteiger charge is 2.31. The number of aromatic nitrogens is 3. The number of fused-ring (bicyclic) bond motifs is 1. The van der Waals surface area contributed by atoms with Crippen LogP contribution >= 0.6 is 0 Å². The van der Waals surface area contributed by atoms with E-state index in [1.807, 2.05) is 19.1 Å². The van der Waals surface area contributed by atoms with Gasteiger partial charge in [-0.25, -0.2) is 14.4 Å². The van der Waals surface area contributed by atoms with Crippen LogP contribution in [0.4, 0.5) is 10.3 Å². The quantitative estimate of drug-likeness (QED) is 0.768. The zero-order valence-corrected chi connectivity index (χ0v) is 14.9. The Morgan fingerprint density at radius 3 is 2.81 bits per heavy atom. The van der Waals surface area contributed by atoms with Crippen molar-refractivity contribution in [3.8, 4) is 11.1 Å². The number of anilines is 1. The monoisotopic (exact) mass is 362 g/mol. The lowest BCUT2D eigenvalue weighted by Crippen LogP contribution is -2.24. The SMILES string of the molecule is CCc1nc(N)nc2c1C(=O)CC(c1ccc(F)cc1-c1cccnc1)C2. The molecule has 0 amide bonds. The second kappa shape index (κ2) is 6.87. The van der Waals surface area contributed by atoms with Crippen LogP contribution in [0.1, 0.15) is 46.6 Å². The summed E-state index contributed by atoms with van der Waals surface area (Å²) in [6.45, 7) is 1.95. The van der Waals surface area contributed by atoms with E-state index in [2.05, 4.69) is 15.0 Å². The van der Waals surface area contributed by atoms with Gasteiger partial charge in [0.15, 0.2) is 5.78 Å². The first kappa shape index (κ1) is 17.3. The van der Waals surface area contributed by atoms with Crippen LogP contribution in [0, 0.1) is 5.82 Å². The van der Waals surface area contributed by atoms with E-state index in [-0.39, 0.29) is 23.5 Å². The summed E-state index contributed by atoms with van der Waals surface area (Å²) in [6.07, 6.45) is 4.91. The molecule has 0 saturated carbocycles. The number of halogens is 1. The lowest BCUT2D eigenvalue weighted by atomic mass is 9.78. The van der Waals surface area contributed by atoms with Crippen molar-refractivity contribution in [2.75, 3.05) is 5.73 Å². The third kappa shape index (κ3) is 3.18. The van der Waals surface area contributed by atoms with Crippen LogP contribution in [0.2, 0.25) is 0 Å². The van der Waals surface area contributed by atoms with E-state index in [1.54, 1.807) is 18.5 Å². The summed E-state index contributed by atoms with van der Waals surface area (Å²) in [6, 6.07) is 8.39. The Bertz CT molecular complexity index is 1020. The van der Waals surface area contributed by atoms with Gasteiger partial charge in [-0.1, -0.05) is 19.1 Å². The van der Waals surface area contributed by atoms with Crippen molar-refractivity contribution in [2.45, 2.75) is 32.1 Å². The number of nitrogen functional groups attached to an aromatic ring is 1. The van der Waals surface area contributed by atoms with Crippen LogP contribution < -0.4 is 5.73 Å². The molecule has 3 aromatic rings. The molecule has 0 aliphatic heterocycles. The molecule has 5 nitrogen and oxygen atoms in total. The molecule has 1 unspecified atom stereocenters.